The highest BCUT2D eigenvalue weighted by molar-refractivity contribution is 7.15. The van der Waals surface area contributed by atoms with E-state index in [1.54, 1.807) is 50.1 Å². The van der Waals surface area contributed by atoms with Gasteiger partial charge in [0.1, 0.15) is 0 Å². The highest BCUT2D eigenvalue weighted by Gasteiger charge is 2.18. The number of nitro groups is 1. The van der Waals surface area contributed by atoms with Gasteiger partial charge in [-0.05, 0) is 24.3 Å². The Morgan fingerprint density at radius 2 is 1.66 bits per heavy atom. The van der Waals surface area contributed by atoms with Crippen LogP contribution in [-0.4, -0.2) is 40.9 Å². The van der Waals surface area contributed by atoms with Crippen LogP contribution in [0.3, 0.4) is 0 Å². The molecule has 0 bridgehead atoms. The average molecular weight is 412 g/mol. The molecule has 0 fully saturated rings. The number of fused-ring (bicyclic) bond motifs is 1. The monoisotopic (exact) mass is 412 g/mol. The van der Waals surface area contributed by atoms with Crippen molar-refractivity contribution in [3.63, 3.8) is 0 Å². The molecule has 0 saturated carbocycles. The van der Waals surface area contributed by atoms with E-state index >= 15 is 0 Å². The van der Waals surface area contributed by atoms with E-state index < -0.39 is 4.92 Å². The van der Waals surface area contributed by atoms with E-state index in [1.165, 1.54) is 23.5 Å². The van der Waals surface area contributed by atoms with Crippen LogP contribution in [0.1, 0.15) is 0 Å². The zero-order chi connectivity index (χ0) is 20.5. The molecule has 0 aliphatic rings. The van der Waals surface area contributed by atoms with Gasteiger partial charge < -0.3 is 14.2 Å². The van der Waals surface area contributed by atoms with Crippen molar-refractivity contribution in [2.45, 2.75) is 0 Å². The molecule has 2 aromatic heterocycles. The Morgan fingerprint density at radius 3 is 2.21 bits per heavy atom. The number of hydrogen-bond acceptors (Lipinski definition) is 8. The molecule has 2 aromatic carbocycles. The van der Waals surface area contributed by atoms with E-state index in [0.717, 1.165) is 11.3 Å². The van der Waals surface area contributed by atoms with Gasteiger partial charge in [-0.15, -0.1) is 16.4 Å². The van der Waals surface area contributed by atoms with Crippen LogP contribution in [0.5, 0.6) is 17.2 Å². The normalized spacial score (nSPS) is 10.9. The van der Waals surface area contributed by atoms with Crippen molar-refractivity contribution in [1.82, 2.24) is 14.6 Å². The van der Waals surface area contributed by atoms with E-state index in [1.807, 2.05) is 5.38 Å². The summed E-state index contributed by atoms with van der Waals surface area (Å²) in [5.41, 5.74) is 2.36. The number of hydrogen-bond donors (Lipinski definition) is 0. The van der Waals surface area contributed by atoms with Crippen LogP contribution in [0, 0.1) is 10.1 Å². The molecule has 4 rings (SSSR count). The van der Waals surface area contributed by atoms with Crippen LogP contribution in [0.25, 0.3) is 27.6 Å². The molecule has 0 spiro atoms. The molecule has 4 aromatic rings. The van der Waals surface area contributed by atoms with Crippen molar-refractivity contribution in [3.05, 3.63) is 51.9 Å². The first-order valence-corrected chi connectivity index (χ1v) is 9.33. The minimum absolute atomic E-state index is 0.0388. The van der Waals surface area contributed by atoms with Crippen LogP contribution in [0.15, 0.2) is 41.8 Å². The number of thiazole rings is 1. The number of benzene rings is 2. The van der Waals surface area contributed by atoms with Gasteiger partial charge >= 0.3 is 0 Å². The molecule has 0 aliphatic carbocycles. The lowest BCUT2D eigenvalue weighted by Crippen LogP contribution is -1.96. The second kappa shape index (κ2) is 7.40. The average Bonchev–Trinajstić information content (AvgIpc) is 3.33. The van der Waals surface area contributed by atoms with Crippen molar-refractivity contribution < 1.29 is 19.1 Å². The van der Waals surface area contributed by atoms with Crippen LogP contribution in [0.4, 0.5) is 5.69 Å². The minimum atomic E-state index is -0.426. The summed E-state index contributed by atoms with van der Waals surface area (Å²) < 4.78 is 17.9. The Hall–Kier alpha value is -3.66. The second-order valence-electron chi connectivity index (χ2n) is 5.97. The quantitative estimate of drug-likeness (QED) is 0.348. The molecule has 9 nitrogen and oxygen atoms in total. The van der Waals surface area contributed by atoms with Gasteiger partial charge in [-0.3, -0.25) is 10.1 Å². The standard InChI is InChI=1S/C19H16N4O5S/c1-26-15-8-12(9-16(27-2)17(15)28-3)18-20-19-22(21-18)14(10-29-19)11-4-6-13(7-5-11)23(24)25/h4-10H,1-3H3. The zero-order valence-corrected chi connectivity index (χ0v) is 16.6. The highest BCUT2D eigenvalue weighted by Crippen LogP contribution is 2.41. The molecule has 0 aliphatic heterocycles. The predicted octanol–water partition coefficient (Wildman–Crippen LogP) is 4.06. The number of non-ortho nitro benzene ring substituents is 1. The fourth-order valence-corrected chi connectivity index (χ4v) is 3.80. The summed E-state index contributed by atoms with van der Waals surface area (Å²) in [7, 11) is 4.64. The van der Waals surface area contributed by atoms with Gasteiger partial charge in [0.25, 0.3) is 5.69 Å². The Morgan fingerprint density at radius 1 is 1.00 bits per heavy atom. The highest BCUT2D eigenvalue weighted by atomic mass is 32.1. The molecular formula is C19H16N4O5S. The number of aromatic nitrogens is 3. The maximum atomic E-state index is 10.9. The van der Waals surface area contributed by atoms with Crippen molar-refractivity contribution in [2.75, 3.05) is 21.3 Å². The van der Waals surface area contributed by atoms with Gasteiger partial charge in [0, 0.05) is 28.6 Å². The number of rotatable bonds is 6. The third-order valence-corrected chi connectivity index (χ3v) is 5.19. The SMILES string of the molecule is COc1cc(-c2nc3scc(-c4ccc([N+](=O)[O-])cc4)n3n2)cc(OC)c1OC. The summed E-state index contributed by atoms with van der Waals surface area (Å²) in [5, 5.41) is 17.4. The molecule has 29 heavy (non-hydrogen) atoms. The zero-order valence-electron chi connectivity index (χ0n) is 15.8. The summed E-state index contributed by atoms with van der Waals surface area (Å²) in [6, 6.07) is 9.89. The number of ether oxygens (including phenoxy) is 3. The molecule has 2 heterocycles. The van der Waals surface area contributed by atoms with E-state index in [0.29, 0.717) is 33.6 Å². The summed E-state index contributed by atoms with van der Waals surface area (Å²) in [6.07, 6.45) is 0. The molecule has 0 unspecified atom stereocenters. The molecule has 0 atom stereocenters. The Bertz CT molecular complexity index is 1170. The first-order chi connectivity index (χ1) is 14.0. The first kappa shape index (κ1) is 18.7. The Labute approximate surface area is 169 Å². The van der Waals surface area contributed by atoms with Crippen molar-refractivity contribution in [2.24, 2.45) is 0 Å². The number of nitro benzene ring substituents is 1. The Balaban J connectivity index is 1.79. The summed E-state index contributed by atoms with van der Waals surface area (Å²) in [5.74, 6) is 2.01. The van der Waals surface area contributed by atoms with Gasteiger partial charge in [0.05, 0.1) is 31.9 Å². The van der Waals surface area contributed by atoms with E-state index in [9.17, 15) is 10.1 Å². The van der Waals surface area contributed by atoms with Crippen LogP contribution in [0.2, 0.25) is 0 Å². The van der Waals surface area contributed by atoms with E-state index in [2.05, 4.69) is 10.1 Å². The summed E-state index contributed by atoms with van der Waals surface area (Å²) in [4.78, 5) is 15.7. The lowest BCUT2D eigenvalue weighted by molar-refractivity contribution is -0.384. The lowest BCUT2D eigenvalue weighted by Gasteiger charge is -2.12. The van der Waals surface area contributed by atoms with Gasteiger partial charge in [0.2, 0.25) is 10.7 Å². The molecular weight excluding hydrogens is 396 g/mol. The predicted molar refractivity (Wildman–Crippen MR) is 108 cm³/mol. The van der Waals surface area contributed by atoms with Crippen molar-refractivity contribution >= 4 is 22.0 Å². The van der Waals surface area contributed by atoms with Gasteiger partial charge in [-0.1, -0.05) is 0 Å². The fraction of sp³-hybridized carbons (Fsp3) is 0.158. The summed E-state index contributed by atoms with van der Waals surface area (Å²) >= 11 is 1.43. The number of methoxy groups -OCH3 is 3. The van der Waals surface area contributed by atoms with Crippen molar-refractivity contribution in [1.29, 1.82) is 0 Å². The topological polar surface area (TPSA) is 101 Å². The Kier molecular flexibility index (Phi) is 4.77. The largest absolute Gasteiger partial charge is 0.493 e. The van der Waals surface area contributed by atoms with Crippen LogP contribution < -0.4 is 14.2 Å². The van der Waals surface area contributed by atoms with Gasteiger partial charge in [-0.2, -0.15) is 4.98 Å². The first-order valence-electron chi connectivity index (χ1n) is 8.45. The van der Waals surface area contributed by atoms with Gasteiger partial charge in [-0.25, -0.2) is 4.52 Å². The molecule has 0 amide bonds. The molecule has 10 heteroatoms. The summed E-state index contributed by atoms with van der Waals surface area (Å²) in [6.45, 7) is 0. The van der Waals surface area contributed by atoms with Crippen LogP contribution >= 0.6 is 11.3 Å². The molecule has 0 N–H and O–H groups in total. The van der Waals surface area contributed by atoms with E-state index in [4.69, 9.17) is 14.2 Å². The minimum Gasteiger partial charge on any atom is -0.493 e. The van der Waals surface area contributed by atoms with Crippen LogP contribution in [-0.2, 0) is 0 Å². The maximum Gasteiger partial charge on any atom is 0.269 e. The third-order valence-electron chi connectivity index (χ3n) is 4.38. The molecule has 148 valence electrons. The maximum absolute atomic E-state index is 10.9. The van der Waals surface area contributed by atoms with Gasteiger partial charge in [0.15, 0.2) is 17.3 Å². The fourth-order valence-electron chi connectivity index (χ4n) is 2.97. The third kappa shape index (κ3) is 3.23. The van der Waals surface area contributed by atoms with E-state index in [-0.39, 0.29) is 5.69 Å². The van der Waals surface area contributed by atoms with Crippen molar-refractivity contribution in [3.8, 4) is 39.9 Å². The number of nitrogens with zero attached hydrogens (tertiary/aromatic N) is 4. The smallest absolute Gasteiger partial charge is 0.269 e. The lowest BCUT2D eigenvalue weighted by atomic mass is 10.1. The molecule has 0 radical (unpaired) electrons. The molecule has 0 saturated heterocycles. The second-order valence-corrected chi connectivity index (χ2v) is 6.81.